The highest BCUT2D eigenvalue weighted by Gasteiger charge is 2.51. The molecule has 0 unspecified atom stereocenters. The van der Waals surface area contributed by atoms with E-state index in [0.29, 0.717) is 34.9 Å². The molecule has 0 saturated heterocycles. The molecule has 0 amide bonds. The van der Waals surface area contributed by atoms with E-state index in [1.54, 1.807) is 13.2 Å². The van der Waals surface area contributed by atoms with Crippen LogP contribution < -0.4 is 15.9 Å². The van der Waals surface area contributed by atoms with Crippen LogP contribution in [0, 0.1) is 5.92 Å². The number of aromatic nitrogens is 4. The van der Waals surface area contributed by atoms with E-state index in [2.05, 4.69) is 15.1 Å². The van der Waals surface area contributed by atoms with Gasteiger partial charge in [0.25, 0.3) is 0 Å². The number of hydrogen-bond acceptors (Lipinski definition) is 6. The Morgan fingerprint density at radius 2 is 1.91 bits per heavy atom. The number of nitrogens with zero attached hydrogens (tertiary/aromatic N) is 3. The second kappa shape index (κ2) is 7.47. The number of methoxy groups -OCH3 is 1. The van der Waals surface area contributed by atoms with Gasteiger partial charge in [0.1, 0.15) is 5.75 Å². The van der Waals surface area contributed by atoms with Crippen LogP contribution in [0.1, 0.15) is 38.1 Å². The van der Waals surface area contributed by atoms with Crippen molar-refractivity contribution >= 4 is 11.0 Å². The van der Waals surface area contributed by atoms with E-state index in [1.165, 1.54) is 4.57 Å². The lowest BCUT2D eigenvalue weighted by molar-refractivity contribution is 0.360. The van der Waals surface area contributed by atoms with Crippen molar-refractivity contribution < 1.29 is 9.26 Å². The van der Waals surface area contributed by atoms with Gasteiger partial charge in [-0.05, 0) is 54.7 Å². The molecule has 1 fully saturated rings. The van der Waals surface area contributed by atoms with Crippen LogP contribution in [0.15, 0.2) is 56.6 Å². The summed E-state index contributed by atoms with van der Waals surface area (Å²) in [5.41, 5.74) is 1.62. The molecule has 164 valence electrons. The number of ether oxygens (including phenoxy) is 1. The zero-order valence-corrected chi connectivity index (χ0v) is 18.2. The van der Waals surface area contributed by atoms with Gasteiger partial charge in [0.2, 0.25) is 11.7 Å². The third-order valence-corrected chi connectivity index (χ3v) is 6.01. The van der Waals surface area contributed by atoms with Crippen LogP contribution >= 0.6 is 0 Å². The predicted molar refractivity (Wildman–Crippen MR) is 120 cm³/mol. The molecule has 2 aromatic heterocycles. The highest BCUT2D eigenvalue weighted by atomic mass is 16.5. The number of fused-ring (bicyclic) bond motifs is 1. The summed E-state index contributed by atoms with van der Waals surface area (Å²) in [5, 5.41) is 4.20. The summed E-state index contributed by atoms with van der Waals surface area (Å²) in [7, 11) is 1.64. The minimum atomic E-state index is -0.638. The van der Waals surface area contributed by atoms with Gasteiger partial charge in [-0.3, -0.25) is 9.59 Å². The monoisotopic (exact) mass is 432 g/mol. The Morgan fingerprint density at radius 3 is 2.56 bits per heavy atom. The van der Waals surface area contributed by atoms with Crippen molar-refractivity contribution in [3.8, 4) is 17.1 Å². The quantitative estimate of drug-likeness (QED) is 0.468. The fourth-order valence-electron chi connectivity index (χ4n) is 4.16. The first kappa shape index (κ1) is 20.2. The van der Waals surface area contributed by atoms with Crippen molar-refractivity contribution in [2.75, 3.05) is 7.11 Å². The molecule has 4 aromatic rings. The number of hydrogen-bond donors (Lipinski definition) is 1. The third kappa shape index (κ3) is 3.32. The van der Waals surface area contributed by atoms with Gasteiger partial charge in [0, 0.05) is 12.1 Å². The van der Waals surface area contributed by atoms with Gasteiger partial charge in [0.05, 0.1) is 23.6 Å². The highest BCUT2D eigenvalue weighted by molar-refractivity contribution is 5.80. The van der Waals surface area contributed by atoms with Gasteiger partial charge < -0.3 is 18.8 Å². The number of aromatic amines is 1. The van der Waals surface area contributed by atoms with E-state index in [4.69, 9.17) is 9.26 Å². The Morgan fingerprint density at radius 1 is 1.16 bits per heavy atom. The maximum Gasteiger partial charge on any atom is 0.316 e. The van der Waals surface area contributed by atoms with Gasteiger partial charge in [-0.15, -0.1) is 0 Å². The standard InChI is InChI=1S/C24H24N4O4/c1-14(2)13-28-19-9-4-15(12-18(19)25-21(29)22(28)30)20-26-23(32-27-20)24(10-11-24)16-5-7-17(31-3)8-6-16/h4-9,12,14H,10-11,13H2,1-3H3,(H,25,29). The Kier molecular flexibility index (Phi) is 4.73. The molecule has 1 aliphatic rings. The molecule has 1 N–H and O–H groups in total. The maximum absolute atomic E-state index is 12.3. The zero-order valence-electron chi connectivity index (χ0n) is 18.2. The molecule has 8 heteroatoms. The molecule has 0 atom stereocenters. The highest BCUT2D eigenvalue weighted by Crippen LogP contribution is 2.53. The molecular weight excluding hydrogens is 408 g/mol. The summed E-state index contributed by atoms with van der Waals surface area (Å²) in [6.45, 7) is 4.48. The van der Waals surface area contributed by atoms with Gasteiger partial charge in [-0.2, -0.15) is 4.98 Å². The summed E-state index contributed by atoms with van der Waals surface area (Å²) in [4.78, 5) is 31.9. The molecule has 0 aliphatic heterocycles. The molecule has 1 aliphatic carbocycles. The second-order valence-corrected chi connectivity index (χ2v) is 8.73. The van der Waals surface area contributed by atoms with Crippen LogP contribution in [0.3, 0.4) is 0 Å². The summed E-state index contributed by atoms with van der Waals surface area (Å²) in [6, 6.07) is 13.4. The third-order valence-electron chi connectivity index (χ3n) is 6.01. The summed E-state index contributed by atoms with van der Waals surface area (Å²) >= 11 is 0. The molecule has 8 nitrogen and oxygen atoms in total. The fraction of sp³-hybridized carbons (Fsp3) is 0.333. The molecule has 32 heavy (non-hydrogen) atoms. The normalized spacial score (nSPS) is 14.8. The first-order valence-corrected chi connectivity index (χ1v) is 10.7. The lowest BCUT2D eigenvalue weighted by Crippen LogP contribution is -2.37. The molecule has 0 spiro atoms. The molecule has 5 rings (SSSR count). The number of rotatable bonds is 6. The van der Waals surface area contributed by atoms with Crippen LogP contribution in [-0.2, 0) is 12.0 Å². The predicted octanol–water partition coefficient (Wildman–Crippen LogP) is 3.48. The Labute approximate surface area is 183 Å². The van der Waals surface area contributed by atoms with Gasteiger partial charge in [0.15, 0.2) is 0 Å². The van der Waals surface area contributed by atoms with Gasteiger partial charge >= 0.3 is 11.1 Å². The first-order valence-electron chi connectivity index (χ1n) is 10.7. The molecule has 0 radical (unpaired) electrons. The number of nitrogens with one attached hydrogen (secondary N) is 1. The van der Waals surface area contributed by atoms with Crippen LogP contribution in [0.5, 0.6) is 5.75 Å². The van der Waals surface area contributed by atoms with Crippen molar-refractivity contribution in [1.82, 2.24) is 19.7 Å². The van der Waals surface area contributed by atoms with Crippen molar-refractivity contribution in [3.63, 3.8) is 0 Å². The zero-order chi connectivity index (χ0) is 22.5. The van der Waals surface area contributed by atoms with E-state index >= 15 is 0 Å². The average Bonchev–Trinajstić information content (AvgIpc) is 3.45. The topological polar surface area (TPSA) is 103 Å². The van der Waals surface area contributed by atoms with Crippen LogP contribution in [0.4, 0.5) is 0 Å². The SMILES string of the molecule is COc1ccc(C2(c3nc(-c4ccc5c(c4)[nH]c(=O)c(=O)n5CC(C)C)no3)CC2)cc1. The van der Waals surface area contributed by atoms with E-state index in [9.17, 15) is 9.59 Å². The van der Waals surface area contributed by atoms with Gasteiger partial charge in [-0.1, -0.05) is 31.1 Å². The molecule has 2 heterocycles. The van der Waals surface area contributed by atoms with Crippen molar-refractivity contribution in [2.45, 2.75) is 38.6 Å². The second-order valence-electron chi connectivity index (χ2n) is 8.73. The summed E-state index contributed by atoms with van der Waals surface area (Å²) in [5.74, 6) is 2.06. The lowest BCUT2D eigenvalue weighted by Gasteiger charge is -2.12. The molecular formula is C24H24N4O4. The molecule has 1 saturated carbocycles. The average molecular weight is 432 g/mol. The van der Waals surface area contributed by atoms with E-state index in [0.717, 1.165) is 24.2 Å². The minimum absolute atomic E-state index is 0.227. The number of benzene rings is 2. The van der Waals surface area contributed by atoms with Crippen molar-refractivity contribution in [2.24, 2.45) is 5.92 Å². The smallest absolute Gasteiger partial charge is 0.316 e. The fourth-order valence-corrected chi connectivity index (χ4v) is 4.16. The largest absolute Gasteiger partial charge is 0.497 e. The van der Waals surface area contributed by atoms with Crippen LogP contribution in [0.25, 0.3) is 22.4 Å². The van der Waals surface area contributed by atoms with Crippen LogP contribution in [-0.4, -0.2) is 26.8 Å². The van der Waals surface area contributed by atoms with Crippen molar-refractivity contribution in [3.05, 3.63) is 74.6 Å². The van der Waals surface area contributed by atoms with Gasteiger partial charge in [-0.25, -0.2) is 0 Å². The first-order chi connectivity index (χ1) is 15.4. The van der Waals surface area contributed by atoms with Crippen molar-refractivity contribution in [1.29, 1.82) is 0 Å². The maximum atomic E-state index is 12.3. The number of H-pyrrole nitrogens is 1. The summed E-state index contributed by atoms with van der Waals surface area (Å²) < 4.78 is 12.4. The lowest BCUT2D eigenvalue weighted by atomic mass is 9.96. The Bertz CT molecular complexity index is 1410. The molecule has 0 bridgehead atoms. The van der Waals surface area contributed by atoms with Crippen LogP contribution in [0.2, 0.25) is 0 Å². The molecule has 2 aromatic carbocycles. The Balaban J connectivity index is 1.52. The van der Waals surface area contributed by atoms with E-state index < -0.39 is 11.1 Å². The van der Waals surface area contributed by atoms with E-state index in [-0.39, 0.29) is 11.3 Å². The summed E-state index contributed by atoms with van der Waals surface area (Å²) in [6.07, 6.45) is 1.88. The van der Waals surface area contributed by atoms with E-state index in [1.807, 2.05) is 50.2 Å². The Hall–Kier alpha value is -3.68. The minimum Gasteiger partial charge on any atom is -0.497 e.